The Morgan fingerprint density at radius 1 is 1.13 bits per heavy atom. The molecule has 6 nitrogen and oxygen atoms in total. The molecule has 0 atom stereocenters. The summed E-state index contributed by atoms with van der Waals surface area (Å²) in [6.07, 6.45) is 0. The molecule has 0 aliphatic carbocycles. The molecule has 0 unspecified atom stereocenters. The number of aromatic nitrogens is 1. The van der Waals surface area contributed by atoms with Gasteiger partial charge in [-0.25, -0.2) is 4.98 Å². The second-order valence-corrected chi connectivity index (χ2v) is 6.75. The first kappa shape index (κ1) is 15.2. The van der Waals surface area contributed by atoms with Crippen molar-refractivity contribution < 1.29 is 12.8 Å². The summed E-state index contributed by atoms with van der Waals surface area (Å²) < 4.78 is 29.9. The van der Waals surface area contributed by atoms with E-state index >= 15 is 0 Å². The predicted molar refractivity (Wildman–Crippen MR) is 87.7 cm³/mol. The summed E-state index contributed by atoms with van der Waals surface area (Å²) in [7, 11) is -3.72. The van der Waals surface area contributed by atoms with Gasteiger partial charge in [-0.3, -0.25) is 0 Å². The molecule has 0 aliphatic rings. The fourth-order valence-corrected chi connectivity index (χ4v) is 2.83. The Hall–Kier alpha value is -2.67. The van der Waals surface area contributed by atoms with Crippen LogP contribution in [0.5, 0.6) is 0 Å². The summed E-state index contributed by atoms with van der Waals surface area (Å²) in [5, 5.41) is 3.88. The molecule has 0 radical (unpaired) electrons. The highest BCUT2D eigenvalue weighted by Gasteiger charge is 2.14. The van der Waals surface area contributed by atoms with Crippen LogP contribution in [0.2, 0.25) is 0 Å². The molecule has 23 heavy (non-hydrogen) atoms. The average molecular weight is 329 g/mol. The molecule has 2 aromatic carbocycles. The van der Waals surface area contributed by atoms with Crippen molar-refractivity contribution in [3.63, 3.8) is 0 Å². The Morgan fingerprint density at radius 2 is 1.83 bits per heavy atom. The molecule has 0 fully saturated rings. The standard InChI is InChI=1S/C16H15N3O3S/c1-11-7-9-13(10-8-11)23(20,21)19-18-12(2)16-17-14-5-3-4-6-15(14)22-16/h3-10,19H,1-2H3/b18-12+. The Labute approximate surface area is 133 Å². The van der Waals surface area contributed by atoms with Crippen molar-refractivity contribution >= 4 is 26.8 Å². The van der Waals surface area contributed by atoms with E-state index in [9.17, 15) is 8.42 Å². The van der Waals surface area contributed by atoms with Crippen molar-refractivity contribution in [2.75, 3.05) is 0 Å². The summed E-state index contributed by atoms with van der Waals surface area (Å²) in [5.41, 5.74) is 2.64. The highest BCUT2D eigenvalue weighted by molar-refractivity contribution is 7.89. The third-order valence-corrected chi connectivity index (χ3v) is 4.49. The summed E-state index contributed by atoms with van der Waals surface area (Å²) in [4.78, 5) is 6.61. The zero-order valence-electron chi connectivity index (χ0n) is 12.6. The van der Waals surface area contributed by atoms with Crippen LogP contribution in [0.1, 0.15) is 18.4 Å². The fourth-order valence-electron chi connectivity index (χ4n) is 1.97. The number of para-hydroxylation sites is 2. The van der Waals surface area contributed by atoms with Gasteiger partial charge in [0, 0.05) is 0 Å². The highest BCUT2D eigenvalue weighted by atomic mass is 32.2. The van der Waals surface area contributed by atoms with Crippen LogP contribution in [-0.2, 0) is 10.0 Å². The van der Waals surface area contributed by atoms with Gasteiger partial charge in [0.25, 0.3) is 10.0 Å². The SMILES string of the molecule is C/C(=N\NS(=O)(=O)c1ccc(C)cc1)c1nc2ccccc2o1. The molecular formula is C16H15N3O3S. The minimum absolute atomic E-state index is 0.150. The van der Waals surface area contributed by atoms with E-state index in [1.54, 1.807) is 25.1 Å². The van der Waals surface area contributed by atoms with Gasteiger partial charge in [-0.1, -0.05) is 29.8 Å². The van der Waals surface area contributed by atoms with Crippen molar-refractivity contribution in [2.24, 2.45) is 5.10 Å². The van der Waals surface area contributed by atoms with Gasteiger partial charge in [0.2, 0.25) is 5.89 Å². The van der Waals surface area contributed by atoms with Gasteiger partial charge in [0.05, 0.1) is 4.90 Å². The van der Waals surface area contributed by atoms with E-state index in [0.717, 1.165) is 5.56 Å². The van der Waals surface area contributed by atoms with Crippen LogP contribution in [-0.4, -0.2) is 19.1 Å². The number of sulfonamides is 1. The van der Waals surface area contributed by atoms with Gasteiger partial charge >= 0.3 is 0 Å². The maximum Gasteiger partial charge on any atom is 0.276 e. The first-order chi connectivity index (χ1) is 11.0. The first-order valence-corrected chi connectivity index (χ1v) is 8.43. The number of hydrazone groups is 1. The molecule has 1 heterocycles. The smallest absolute Gasteiger partial charge is 0.276 e. The third kappa shape index (κ3) is 3.24. The number of aryl methyl sites for hydroxylation is 1. The summed E-state index contributed by atoms with van der Waals surface area (Å²) in [5.74, 6) is 0.276. The lowest BCUT2D eigenvalue weighted by Crippen LogP contribution is -2.20. The van der Waals surface area contributed by atoms with Crippen molar-refractivity contribution in [2.45, 2.75) is 18.7 Å². The molecule has 118 valence electrons. The fraction of sp³-hybridized carbons (Fsp3) is 0.125. The van der Waals surface area contributed by atoms with Crippen LogP contribution in [0.15, 0.2) is 62.9 Å². The first-order valence-electron chi connectivity index (χ1n) is 6.94. The minimum Gasteiger partial charge on any atom is -0.435 e. The van der Waals surface area contributed by atoms with E-state index < -0.39 is 10.0 Å². The average Bonchev–Trinajstić information content (AvgIpc) is 2.97. The number of nitrogens with one attached hydrogen (secondary N) is 1. The molecule has 1 N–H and O–H groups in total. The number of fused-ring (bicyclic) bond motifs is 1. The van der Waals surface area contributed by atoms with E-state index in [0.29, 0.717) is 16.8 Å². The van der Waals surface area contributed by atoms with E-state index in [2.05, 4.69) is 14.9 Å². The topological polar surface area (TPSA) is 84.6 Å². The zero-order valence-corrected chi connectivity index (χ0v) is 13.5. The van der Waals surface area contributed by atoms with Gasteiger partial charge in [0.1, 0.15) is 11.2 Å². The van der Waals surface area contributed by atoms with Crippen LogP contribution < -0.4 is 4.83 Å². The third-order valence-electron chi connectivity index (χ3n) is 3.27. The minimum atomic E-state index is -3.72. The molecule has 7 heteroatoms. The van der Waals surface area contributed by atoms with Crippen LogP contribution in [0, 0.1) is 6.92 Å². The molecule has 0 saturated carbocycles. The number of rotatable bonds is 4. The summed E-state index contributed by atoms with van der Waals surface area (Å²) in [6, 6.07) is 13.8. The summed E-state index contributed by atoms with van der Waals surface area (Å²) in [6.45, 7) is 3.52. The van der Waals surface area contributed by atoms with Crippen LogP contribution >= 0.6 is 0 Å². The van der Waals surface area contributed by atoms with E-state index in [-0.39, 0.29) is 10.8 Å². The maximum atomic E-state index is 12.2. The Balaban J connectivity index is 1.84. The molecular weight excluding hydrogens is 314 g/mol. The van der Waals surface area contributed by atoms with Crippen molar-refractivity contribution in [1.82, 2.24) is 9.82 Å². The van der Waals surface area contributed by atoms with Crippen LogP contribution in [0.25, 0.3) is 11.1 Å². The Morgan fingerprint density at radius 3 is 2.52 bits per heavy atom. The molecule has 0 saturated heterocycles. The Kier molecular flexibility index (Phi) is 3.87. The summed E-state index contributed by atoms with van der Waals surface area (Å²) >= 11 is 0. The number of oxazole rings is 1. The quantitative estimate of drug-likeness (QED) is 0.589. The van der Waals surface area contributed by atoms with Gasteiger partial charge in [-0.05, 0) is 38.1 Å². The lowest BCUT2D eigenvalue weighted by Gasteiger charge is -2.04. The van der Waals surface area contributed by atoms with Crippen LogP contribution in [0.3, 0.4) is 0 Å². The monoisotopic (exact) mass is 329 g/mol. The second kappa shape index (κ2) is 5.85. The van der Waals surface area contributed by atoms with Crippen molar-refractivity contribution in [1.29, 1.82) is 0 Å². The molecule has 1 aromatic heterocycles. The molecule has 3 aromatic rings. The van der Waals surface area contributed by atoms with E-state index in [1.165, 1.54) is 12.1 Å². The highest BCUT2D eigenvalue weighted by Crippen LogP contribution is 2.15. The normalized spacial score (nSPS) is 12.5. The van der Waals surface area contributed by atoms with Crippen molar-refractivity contribution in [3.05, 3.63) is 60.0 Å². The maximum absolute atomic E-state index is 12.2. The number of hydrogen-bond acceptors (Lipinski definition) is 5. The number of nitrogens with zero attached hydrogens (tertiary/aromatic N) is 2. The van der Waals surface area contributed by atoms with Gasteiger partial charge in [-0.2, -0.15) is 18.4 Å². The number of benzene rings is 2. The van der Waals surface area contributed by atoms with Gasteiger partial charge in [0.15, 0.2) is 5.58 Å². The molecule has 3 rings (SSSR count). The lowest BCUT2D eigenvalue weighted by molar-refractivity contribution is 0.581. The van der Waals surface area contributed by atoms with Crippen LogP contribution in [0.4, 0.5) is 0 Å². The van der Waals surface area contributed by atoms with E-state index in [1.807, 2.05) is 25.1 Å². The largest absolute Gasteiger partial charge is 0.435 e. The lowest BCUT2D eigenvalue weighted by atomic mass is 10.2. The van der Waals surface area contributed by atoms with E-state index in [4.69, 9.17) is 4.42 Å². The predicted octanol–water partition coefficient (Wildman–Crippen LogP) is 2.84. The molecule has 0 aliphatic heterocycles. The van der Waals surface area contributed by atoms with Crippen molar-refractivity contribution in [3.8, 4) is 0 Å². The Bertz CT molecular complexity index is 940. The molecule has 0 bridgehead atoms. The zero-order chi connectivity index (χ0) is 16.4. The molecule has 0 spiro atoms. The van der Waals surface area contributed by atoms with Gasteiger partial charge < -0.3 is 4.42 Å². The second-order valence-electron chi connectivity index (χ2n) is 5.09. The van der Waals surface area contributed by atoms with Gasteiger partial charge in [-0.15, -0.1) is 0 Å². The number of hydrogen-bond donors (Lipinski definition) is 1. The molecule has 0 amide bonds.